The molecule has 1 aliphatic heterocycles. The Bertz CT molecular complexity index is 911. The molecule has 2 aromatic rings. The molecule has 0 unspecified atom stereocenters. The van der Waals surface area contributed by atoms with Gasteiger partial charge in [-0.25, -0.2) is 13.4 Å². The number of phenols is 1. The molecule has 0 atom stereocenters. The fourth-order valence-electron chi connectivity index (χ4n) is 2.59. The van der Waals surface area contributed by atoms with Gasteiger partial charge in [-0.2, -0.15) is 4.31 Å². The molecule has 1 aromatic carbocycles. The quantitative estimate of drug-likeness (QED) is 0.626. The lowest BCUT2D eigenvalue weighted by molar-refractivity contribution is 0.102. The standard InChI is InChI=1S/C16H16ClN3O4S/c17-15-9-11(5-6-18-15)16(22)19-13-10-12(3-4-14(13)21)25(23,24)20-7-1-2-8-20/h3-6,9-10,21H,1-2,7-8H2,(H,19,22). The number of pyridine rings is 1. The minimum Gasteiger partial charge on any atom is -0.506 e. The number of nitrogens with zero attached hydrogens (tertiary/aromatic N) is 2. The van der Waals surface area contributed by atoms with Gasteiger partial charge in [0.2, 0.25) is 10.0 Å². The lowest BCUT2D eigenvalue weighted by Gasteiger charge is -2.16. The van der Waals surface area contributed by atoms with Crippen molar-refractivity contribution in [1.82, 2.24) is 9.29 Å². The Morgan fingerprint density at radius 2 is 1.92 bits per heavy atom. The van der Waals surface area contributed by atoms with Crippen molar-refractivity contribution in [3.63, 3.8) is 0 Å². The van der Waals surface area contributed by atoms with E-state index in [2.05, 4.69) is 10.3 Å². The minimum atomic E-state index is -3.65. The normalized spacial score (nSPS) is 15.2. The predicted octanol–water partition coefficient (Wildman–Crippen LogP) is 2.48. The summed E-state index contributed by atoms with van der Waals surface area (Å²) in [7, 11) is -3.65. The fourth-order valence-corrected chi connectivity index (χ4v) is 4.31. The van der Waals surface area contributed by atoms with Crippen molar-refractivity contribution < 1.29 is 18.3 Å². The predicted molar refractivity (Wildman–Crippen MR) is 93.3 cm³/mol. The van der Waals surface area contributed by atoms with Gasteiger partial charge in [-0.1, -0.05) is 11.6 Å². The first kappa shape index (κ1) is 17.7. The van der Waals surface area contributed by atoms with Crippen molar-refractivity contribution in [1.29, 1.82) is 0 Å². The van der Waals surface area contributed by atoms with Crippen LogP contribution in [0.25, 0.3) is 0 Å². The number of hydrogen-bond donors (Lipinski definition) is 2. The summed E-state index contributed by atoms with van der Waals surface area (Å²) in [6.07, 6.45) is 3.03. The molecule has 0 aliphatic carbocycles. The van der Waals surface area contributed by atoms with Crippen molar-refractivity contribution in [3.8, 4) is 5.75 Å². The van der Waals surface area contributed by atoms with Gasteiger partial charge in [-0.3, -0.25) is 4.79 Å². The highest BCUT2D eigenvalue weighted by atomic mass is 35.5. The number of rotatable bonds is 4. The van der Waals surface area contributed by atoms with Gasteiger partial charge in [0.15, 0.2) is 0 Å². The molecule has 0 radical (unpaired) electrons. The van der Waals surface area contributed by atoms with Gasteiger partial charge in [0.1, 0.15) is 10.9 Å². The number of amides is 1. The zero-order valence-electron chi connectivity index (χ0n) is 13.1. The van der Waals surface area contributed by atoms with Crippen LogP contribution in [0.1, 0.15) is 23.2 Å². The molecule has 0 saturated carbocycles. The number of carbonyl (C=O) groups excluding carboxylic acids is 1. The number of hydrogen-bond acceptors (Lipinski definition) is 5. The third-order valence-corrected chi connectivity index (χ3v) is 6.01. The fraction of sp³-hybridized carbons (Fsp3) is 0.250. The Labute approximate surface area is 150 Å². The number of sulfonamides is 1. The molecule has 7 nitrogen and oxygen atoms in total. The average Bonchev–Trinajstić information content (AvgIpc) is 3.12. The van der Waals surface area contributed by atoms with Crippen LogP contribution >= 0.6 is 11.6 Å². The summed E-state index contributed by atoms with van der Waals surface area (Å²) in [5.74, 6) is -0.760. The molecule has 3 rings (SSSR count). The summed E-state index contributed by atoms with van der Waals surface area (Å²) in [6, 6.07) is 6.66. The van der Waals surface area contributed by atoms with E-state index >= 15 is 0 Å². The van der Waals surface area contributed by atoms with Crippen LogP contribution in [0, 0.1) is 0 Å². The van der Waals surface area contributed by atoms with E-state index in [4.69, 9.17) is 11.6 Å². The molecule has 1 amide bonds. The summed E-state index contributed by atoms with van der Waals surface area (Å²) in [6.45, 7) is 0.945. The summed E-state index contributed by atoms with van der Waals surface area (Å²) in [5.41, 5.74) is 0.255. The second-order valence-corrected chi connectivity index (χ2v) is 7.94. The van der Waals surface area contributed by atoms with Crippen LogP contribution in [0.5, 0.6) is 5.75 Å². The van der Waals surface area contributed by atoms with Crippen molar-refractivity contribution >= 4 is 33.2 Å². The van der Waals surface area contributed by atoms with Crippen LogP contribution in [-0.2, 0) is 10.0 Å². The van der Waals surface area contributed by atoms with Crippen molar-refractivity contribution in [3.05, 3.63) is 47.2 Å². The zero-order valence-corrected chi connectivity index (χ0v) is 14.7. The van der Waals surface area contributed by atoms with Crippen LogP contribution < -0.4 is 5.32 Å². The van der Waals surface area contributed by atoms with Gasteiger partial charge >= 0.3 is 0 Å². The number of halogens is 1. The van der Waals surface area contributed by atoms with Crippen molar-refractivity contribution in [2.24, 2.45) is 0 Å². The maximum atomic E-state index is 12.6. The second kappa shape index (κ2) is 6.99. The number of aromatic hydroxyl groups is 1. The smallest absolute Gasteiger partial charge is 0.255 e. The first-order chi connectivity index (χ1) is 11.9. The van der Waals surface area contributed by atoms with E-state index in [0.717, 1.165) is 12.8 Å². The molecule has 1 saturated heterocycles. The van der Waals surface area contributed by atoms with Gasteiger partial charge in [0.25, 0.3) is 5.91 Å². The third kappa shape index (κ3) is 3.76. The number of benzene rings is 1. The van der Waals surface area contributed by atoms with Gasteiger partial charge in [-0.05, 0) is 43.2 Å². The van der Waals surface area contributed by atoms with Crippen LogP contribution in [0.2, 0.25) is 5.15 Å². The van der Waals surface area contributed by atoms with E-state index in [1.54, 1.807) is 0 Å². The van der Waals surface area contributed by atoms with Gasteiger partial charge < -0.3 is 10.4 Å². The third-order valence-electron chi connectivity index (χ3n) is 3.91. The van der Waals surface area contributed by atoms with Crippen LogP contribution in [0.4, 0.5) is 5.69 Å². The average molecular weight is 382 g/mol. The number of carbonyl (C=O) groups is 1. The largest absolute Gasteiger partial charge is 0.506 e. The molecule has 132 valence electrons. The van der Waals surface area contributed by atoms with Crippen LogP contribution in [-0.4, -0.2) is 41.8 Å². The monoisotopic (exact) mass is 381 g/mol. The molecule has 2 heterocycles. The number of phenolic OH excluding ortho intramolecular Hbond substituents is 1. The topological polar surface area (TPSA) is 99.6 Å². The lowest BCUT2D eigenvalue weighted by atomic mass is 10.2. The highest BCUT2D eigenvalue weighted by Gasteiger charge is 2.28. The Balaban J connectivity index is 1.88. The minimum absolute atomic E-state index is 0.0122. The Kier molecular flexibility index (Phi) is 4.94. The van der Waals surface area contributed by atoms with E-state index in [0.29, 0.717) is 13.1 Å². The molecule has 9 heteroatoms. The van der Waals surface area contributed by atoms with Gasteiger partial charge in [0, 0.05) is 24.8 Å². The molecule has 1 aliphatic rings. The summed E-state index contributed by atoms with van der Waals surface area (Å²) >= 11 is 5.76. The Hall–Kier alpha value is -2.16. The first-order valence-corrected chi connectivity index (χ1v) is 9.46. The van der Waals surface area contributed by atoms with Crippen molar-refractivity contribution in [2.75, 3.05) is 18.4 Å². The van der Waals surface area contributed by atoms with Crippen LogP contribution in [0.3, 0.4) is 0 Å². The van der Waals surface area contributed by atoms with E-state index in [9.17, 15) is 18.3 Å². The van der Waals surface area contributed by atoms with E-state index in [1.165, 1.54) is 40.8 Å². The molecule has 0 bridgehead atoms. The first-order valence-electron chi connectivity index (χ1n) is 7.64. The highest BCUT2D eigenvalue weighted by Crippen LogP contribution is 2.29. The number of aromatic nitrogens is 1. The van der Waals surface area contributed by atoms with Crippen molar-refractivity contribution in [2.45, 2.75) is 17.7 Å². The summed E-state index contributed by atoms with van der Waals surface area (Å²) in [4.78, 5) is 16.1. The summed E-state index contributed by atoms with van der Waals surface area (Å²) < 4.78 is 26.6. The Morgan fingerprint density at radius 1 is 1.20 bits per heavy atom. The van der Waals surface area contributed by atoms with E-state index in [1.807, 2.05) is 0 Å². The lowest BCUT2D eigenvalue weighted by Crippen LogP contribution is -2.28. The molecule has 2 N–H and O–H groups in total. The number of nitrogens with one attached hydrogen (secondary N) is 1. The molecule has 1 fully saturated rings. The van der Waals surface area contributed by atoms with E-state index in [-0.39, 0.29) is 27.0 Å². The van der Waals surface area contributed by atoms with Crippen LogP contribution in [0.15, 0.2) is 41.4 Å². The maximum Gasteiger partial charge on any atom is 0.255 e. The second-order valence-electron chi connectivity index (χ2n) is 5.61. The van der Waals surface area contributed by atoms with Gasteiger partial charge in [-0.15, -0.1) is 0 Å². The molecule has 1 aromatic heterocycles. The molecular formula is C16H16ClN3O4S. The van der Waals surface area contributed by atoms with E-state index < -0.39 is 15.9 Å². The molecule has 0 spiro atoms. The molecule has 25 heavy (non-hydrogen) atoms. The number of anilines is 1. The highest BCUT2D eigenvalue weighted by molar-refractivity contribution is 7.89. The maximum absolute atomic E-state index is 12.6. The van der Waals surface area contributed by atoms with Gasteiger partial charge in [0.05, 0.1) is 10.6 Å². The SMILES string of the molecule is O=C(Nc1cc(S(=O)(=O)N2CCCC2)ccc1O)c1ccnc(Cl)c1. The summed E-state index contributed by atoms with van der Waals surface area (Å²) in [5, 5.41) is 12.6. The molecular weight excluding hydrogens is 366 g/mol. The zero-order chi connectivity index (χ0) is 18.0. The Morgan fingerprint density at radius 3 is 2.60 bits per heavy atom.